The fraction of sp³-hybridized carbons (Fsp3) is 0.538. The van der Waals surface area contributed by atoms with Crippen LogP contribution in [-0.2, 0) is 14.3 Å². The number of aliphatic carboxylic acids is 1. The van der Waals surface area contributed by atoms with Gasteiger partial charge < -0.3 is 9.84 Å². The number of esters is 1. The van der Waals surface area contributed by atoms with E-state index in [1.165, 1.54) is 0 Å². The van der Waals surface area contributed by atoms with Crippen molar-refractivity contribution in [2.24, 2.45) is 0 Å². The maximum Gasteiger partial charge on any atom is 0.333 e. The Labute approximate surface area is 103 Å². The summed E-state index contributed by atoms with van der Waals surface area (Å²) >= 11 is 0. The van der Waals surface area contributed by atoms with Gasteiger partial charge in [-0.25, -0.2) is 9.59 Å². The summed E-state index contributed by atoms with van der Waals surface area (Å²) in [7, 11) is 0. The van der Waals surface area contributed by atoms with E-state index >= 15 is 0 Å². The number of allylic oxidation sites excluding steroid dienone is 1. The lowest BCUT2D eigenvalue weighted by Crippen LogP contribution is -2.05. The van der Waals surface area contributed by atoms with Gasteiger partial charge in [0.05, 0.1) is 6.61 Å². The Hall–Kier alpha value is -1.58. The molecule has 0 aromatic rings. The van der Waals surface area contributed by atoms with E-state index in [4.69, 9.17) is 9.84 Å². The number of hydrogen-bond donors (Lipinski definition) is 1. The van der Waals surface area contributed by atoms with Gasteiger partial charge in [-0.2, -0.15) is 0 Å². The molecule has 0 atom stereocenters. The van der Waals surface area contributed by atoms with Gasteiger partial charge in [-0.15, -0.1) is 0 Å². The van der Waals surface area contributed by atoms with Gasteiger partial charge in [-0.3, -0.25) is 0 Å². The zero-order chi connectivity index (χ0) is 13.8. The first-order valence-corrected chi connectivity index (χ1v) is 5.55. The molecule has 0 heterocycles. The quantitative estimate of drug-likeness (QED) is 0.457. The third-order valence-electron chi connectivity index (χ3n) is 1.85. The monoisotopic (exact) mass is 242 g/mol. The van der Waals surface area contributed by atoms with Crippen molar-refractivity contribution in [3.8, 4) is 0 Å². The number of carbonyl (C=O) groups excluding carboxylic acids is 1. The molecule has 0 aliphatic heterocycles. The van der Waals surface area contributed by atoms with Crippen LogP contribution in [0, 0.1) is 0 Å². The van der Waals surface area contributed by atoms with Crippen molar-refractivity contribution >= 4 is 11.9 Å². The van der Waals surface area contributed by atoms with E-state index in [1.807, 2.05) is 0 Å². The molecule has 0 aromatic heterocycles. The Morgan fingerprint density at radius 2 is 1.88 bits per heavy atom. The number of hydrogen-bond acceptors (Lipinski definition) is 3. The first-order valence-electron chi connectivity index (χ1n) is 5.55. The minimum absolute atomic E-state index is 0.284. The molecule has 0 saturated heterocycles. The lowest BCUT2D eigenvalue weighted by molar-refractivity contribution is -0.139. The molecule has 0 aromatic carbocycles. The topological polar surface area (TPSA) is 63.6 Å². The van der Waals surface area contributed by atoms with Gasteiger partial charge in [0.1, 0.15) is 0 Å². The molecule has 4 heteroatoms. The summed E-state index contributed by atoms with van der Waals surface area (Å²) in [5, 5.41) is 8.11. The molecule has 0 saturated carbocycles. The Morgan fingerprint density at radius 3 is 2.12 bits per heavy atom. The molecule has 98 valence electrons. The largest absolute Gasteiger partial charge is 0.478 e. The van der Waals surface area contributed by atoms with Crippen LogP contribution in [0.25, 0.3) is 0 Å². The lowest BCUT2D eigenvalue weighted by Gasteiger charge is -2.01. The van der Waals surface area contributed by atoms with E-state index < -0.39 is 5.97 Å². The van der Waals surface area contributed by atoms with Gasteiger partial charge in [0.15, 0.2) is 0 Å². The summed E-state index contributed by atoms with van der Waals surface area (Å²) in [6.45, 7) is 10.9. The molecule has 0 radical (unpaired) electrons. The van der Waals surface area contributed by atoms with E-state index in [9.17, 15) is 9.59 Å². The molecule has 0 rings (SSSR count). The third kappa shape index (κ3) is 12.4. The van der Waals surface area contributed by atoms with Crippen LogP contribution in [0.3, 0.4) is 0 Å². The van der Waals surface area contributed by atoms with Crippen LogP contribution in [0.2, 0.25) is 0 Å². The van der Waals surface area contributed by atoms with Crippen molar-refractivity contribution < 1.29 is 19.4 Å². The molecule has 0 aliphatic carbocycles. The third-order valence-corrected chi connectivity index (χ3v) is 1.85. The predicted octanol–water partition coefficient (Wildman–Crippen LogP) is 2.94. The number of carboxylic acid groups (broad SMARTS) is 1. The van der Waals surface area contributed by atoms with Crippen LogP contribution < -0.4 is 0 Å². The molecular weight excluding hydrogens is 220 g/mol. The van der Waals surface area contributed by atoms with Crippen molar-refractivity contribution in [1.29, 1.82) is 0 Å². The van der Waals surface area contributed by atoms with Crippen LogP contribution in [-0.4, -0.2) is 23.7 Å². The summed E-state index contributed by atoms with van der Waals surface area (Å²) in [6.07, 6.45) is 3.53. The second-order valence-electron chi connectivity index (χ2n) is 3.55. The first kappa shape index (κ1) is 17.8. The van der Waals surface area contributed by atoms with Crippen molar-refractivity contribution in [3.63, 3.8) is 0 Å². The highest BCUT2D eigenvalue weighted by Gasteiger charge is 2.00. The second-order valence-corrected chi connectivity index (χ2v) is 3.55. The average molecular weight is 242 g/mol. The smallest absolute Gasteiger partial charge is 0.333 e. The fourth-order valence-electron chi connectivity index (χ4n) is 0.556. The van der Waals surface area contributed by atoms with Crippen molar-refractivity contribution in [3.05, 3.63) is 23.8 Å². The highest BCUT2D eigenvalue weighted by Crippen LogP contribution is 1.94. The first-order chi connectivity index (χ1) is 7.86. The van der Waals surface area contributed by atoms with Crippen LogP contribution in [0.4, 0.5) is 0 Å². The highest BCUT2D eigenvalue weighted by atomic mass is 16.5. The van der Waals surface area contributed by atoms with Gasteiger partial charge in [-0.05, 0) is 27.2 Å². The molecule has 1 N–H and O–H groups in total. The van der Waals surface area contributed by atoms with E-state index in [-0.39, 0.29) is 5.97 Å². The summed E-state index contributed by atoms with van der Waals surface area (Å²) in [5.74, 6) is -1.13. The number of rotatable bonds is 5. The lowest BCUT2D eigenvalue weighted by atomic mass is 10.3. The maximum absolute atomic E-state index is 10.7. The van der Waals surface area contributed by atoms with Crippen molar-refractivity contribution in [2.45, 2.75) is 40.5 Å². The SMILES string of the molecule is C/C=C(\C)C(=O)O.C=C(C)C(=O)OCCCC. The van der Waals surface area contributed by atoms with E-state index in [2.05, 4.69) is 13.5 Å². The molecule has 0 bridgehead atoms. The molecule has 0 spiro atoms. The number of ether oxygens (including phenoxy) is 1. The van der Waals surface area contributed by atoms with Crippen molar-refractivity contribution in [2.75, 3.05) is 6.61 Å². The molecule has 0 aliphatic rings. The zero-order valence-electron chi connectivity index (χ0n) is 11.1. The van der Waals surface area contributed by atoms with Crippen molar-refractivity contribution in [1.82, 2.24) is 0 Å². The van der Waals surface area contributed by atoms with Gasteiger partial charge in [0.2, 0.25) is 0 Å². The Morgan fingerprint density at radius 1 is 1.35 bits per heavy atom. The zero-order valence-corrected chi connectivity index (χ0v) is 11.1. The van der Waals surface area contributed by atoms with E-state index in [1.54, 1.807) is 26.8 Å². The van der Waals surface area contributed by atoms with Gasteiger partial charge in [-0.1, -0.05) is 26.0 Å². The Balaban J connectivity index is 0. The standard InChI is InChI=1S/C8H14O2.C5H8O2/c1-4-5-6-10-8(9)7(2)3;1-3-4(2)5(6)7/h2,4-6H2,1,3H3;3H,1-2H3,(H,6,7)/b;4-3+. The van der Waals surface area contributed by atoms with Gasteiger partial charge >= 0.3 is 11.9 Å². The highest BCUT2D eigenvalue weighted by molar-refractivity contribution is 5.86. The molecule has 0 amide bonds. The van der Waals surface area contributed by atoms with Crippen LogP contribution >= 0.6 is 0 Å². The predicted molar refractivity (Wildman–Crippen MR) is 67.7 cm³/mol. The molecular formula is C13H22O4. The van der Waals surface area contributed by atoms with E-state index in [0.717, 1.165) is 12.8 Å². The van der Waals surface area contributed by atoms with Crippen LogP contribution in [0.15, 0.2) is 23.8 Å². The number of unbranched alkanes of at least 4 members (excludes halogenated alkanes) is 1. The van der Waals surface area contributed by atoms with Crippen LogP contribution in [0.1, 0.15) is 40.5 Å². The second kappa shape index (κ2) is 10.9. The van der Waals surface area contributed by atoms with Crippen LogP contribution in [0.5, 0.6) is 0 Å². The summed E-state index contributed by atoms with van der Waals surface area (Å²) < 4.78 is 4.81. The summed E-state index contributed by atoms with van der Waals surface area (Å²) in [5.41, 5.74) is 0.858. The molecule has 0 unspecified atom stereocenters. The average Bonchev–Trinajstić information content (AvgIpc) is 2.28. The molecule has 4 nitrogen and oxygen atoms in total. The Kier molecular flexibility index (Phi) is 11.4. The van der Waals surface area contributed by atoms with Gasteiger partial charge in [0, 0.05) is 11.1 Å². The molecule has 17 heavy (non-hydrogen) atoms. The fourth-order valence-corrected chi connectivity index (χ4v) is 0.556. The summed E-state index contributed by atoms with van der Waals surface area (Å²) in [4.78, 5) is 20.6. The Bertz CT molecular complexity index is 290. The summed E-state index contributed by atoms with van der Waals surface area (Å²) in [6, 6.07) is 0. The normalized spacial score (nSPS) is 10.0. The molecule has 0 fully saturated rings. The minimum Gasteiger partial charge on any atom is -0.478 e. The van der Waals surface area contributed by atoms with E-state index in [0.29, 0.717) is 17.8 Å². The van der Waals surface area contributed by atoms with Gasteiger partial charge in [0.25, 0.3) is 0 Å². The number of carboxylic acids is 1. The maximum atomic E-state index is 10.7. The number of carbonyl (C=O) groups is 2. The minimum atomic E-state index is -0.845.